The molecule has 1 aromatic carbocycles. The Kier molecular flexibility index (Phi) is 3.91. The fourth-order valence-electron chi connectivity index (χ4n) is 1.31. The summed E-state index contributed by atoms with van der Waals surface area (Å²) < 4.78 is 5.57. The highest BCUT2D eigenvalue weighted by Gasteiger charge is 2.02. The van der Waals surface area contributed by atoms with E-state index in [0.29, 0.717) is 13.0 Å². The van der Waals surface area contributed by atoms with E-state index in [9.17, 15) is 0 Å². The molecule has 0 aliphatic carbocycles. The zero-order valence-corrected chi connectivity index (χ0v) is 9.61. The van der Waals surface area contributed by atoms with Crippen LogP contribution >= 0.6 is 11.3 Å². The first-order valence-corrected chi connectivity index (χ1v) is 5.98. The summed E-state index contributed by atoms with van der Waals surface area (Å²) in [5, 5.41) is 11.7. The molecular weight excluding hydrogens is 222 g/mol. The molecule has 4 heteroatoms. The Hall–Kier alpha value is -1.39. The molecule has 0 saturated carbocycles. The van der Waals surface area contributed by atoms with E-state index in [0.717, 1.165) is 16.5 Å². The Morgan fingerprint density at radius 3 is 2.81 bits per heavy atom. The lowest BCUT2D eigenvalue weighted by Gasteiger charge is -2.02. The highest BCUT2D eigenvalue weighted by molar-refractivity contribution is 7.09. The lowest BCUT2D eigenvalue weighted by molar-refractivity contribution is 0.295. The summed E-state index contributed by atoms with van der Waals surface area (Å²) in [4.78, 5) is 4.35. The Morgan fingerprint density at radius 1 is 1.25 bits per heavy atom. The van der Waals surface area contributed by atoms with Crippen LogP contribution in [0.5, 0.6) is 5.75 Å². The molecule has 0 amide bonds. The van der Waals surface area contributed by atoms with Gasteiger partial charge in [-0.3, -0.25) is 0 Å². The number of aliphatic hydroxyl groups is 1. The maximum absolute atomic E-state index is 8.77. The van der Waals surface area contributed by atoms with Gasteiger partial charge in [-0.15, -0.1) is 11.3 Å². The first-order valence-electron chi connectivity index (χ1n) is 5.10. The van der Waals surface area contributed by atoms with Crippen molar-refractivity contribution in [3.8, 4) is 5.75 Å². The van der Waals surface area contributed by atoms with E-state index >= 15 is 0 Å². The minimum absolute atomic E-state index is 0.142. The molecular formula is C12H13NO2S. The van der Waals surface area contributed by atoms with Gasteiger partial charge >= 0.3 is 0 Å². The van der Waals surface area contributed by atoms with Crippen molar-refractivity contribution in [2.24, 2.45) is 0 Å². The number of hydrogen-bond donors (Lipinski definition) is 1. The summed E-state index contributed by atoms with van der Waals surface area (Å²) in [5.74, 6) is 0.849. The molecule has 16 heavy (non-hydrogen) atoms. The minimum Gasteiger partial charge on any atom is -0.486 e. The van der Waals surface area contributed by atoms with E-state index in [4.69, 9.17) is 9.84 Å². The summed E-state index contributed by atoms with van der Waals surface area (Å²) in [7, 11) is 0. The third-order valence-corrected chi connectivity index (χ3v) is 2.94. The van der Waals surface area contributed by atoms with Crippen LogP contribution in [0, 0.1) is 0 Å². The fraction of sp³-hybridized carbons (Fsp3) is 0.250. The number of rotatable bonds is 5. The molecule has 1 heterocycles. The second-order valence-corrected chi connectivity index (χ2v) is 4.25. The SMILES string of the molecule is OCCc1csc(COc2ccccc2)n1. The monoisotopic (exact) mass is 235 g/mol. The van der Waals surface area contributed by atoms with E-state index < -0.39 is 0 Å². The van der Waals surface area contributed by atoms with Gasteiger partial charge in [0.05, 0.1) is 5.69 Å². The van der Waals surface area contributed by atoms with Crippen LogP contribution in [0.2, 0.25) is 0 Å². The first-order chi connectivity index (χ1) is 7.88. The first kappa shape index (κ1) is 11.1. The number of aromatic nitrogens is 1. The second-order valence-electron chi connectivity index (χ2n) is 3.31. The van der Waals surface area contributed by atoms with Crippen molar-refractivity contribution in [3.05, 3.63) is 46.4 Å². The molecule has 0 saturated heterocycles. The van der Waals surface area contributed by atoms with Crippen LogP contribution in [-0.4, -0.2) is 16.7 Å². The summed E-state index contributed by atoms with van der Waals surface area (Å²) >= 11 is 1.56. The molecule has 2 rings (SSSR count). The second kappa shape index (κ2) is 5.63. The van der Waals surface area contributed by atoms with E-state index in [-0.39, 0.29) is 6.61 Å². The molecule has 0 spiro atoms. The Morgan fingerprint density at radius 2 is 2.06 bits per heavy atom. The summed E-state index contributed by atoms with van der Waals surface area (Å²) in [6.45, 7) is 0.628. The predicted octanol–water partition coefficient (Wildman–Crippen LogP) is 2.26. The van der Waals surface area contributed by atoms with Crippen molar-refractivity contribution in [2.45, 2.75) is 13.0 Å². The van der Waals surface area contributed by atoms with Gasteiger partial charge in [-0.05, 0) is 12.1 Å². The van der Waals surface area contributed by atoms with Crippen molar-refractivity contribution in [3.63, 3.8) is 0 Å². The molecule has 3 nitrogen and oxygen atoms in total. The number of para-hydroxylation sites is 1. The van der Waals surface area contributed by atoms with Gasteiger partial charge in [0, 0.05) is 18.4 Å². The zero-order valence-electron chi connectivity index (χ0n) is 8.80. The quantitative estimate of drug-likeness (QED) is 0.864. The summed E-state index contributed by atoms with van der Waals surface area (Å²) in [6, 6.07) is 9.67. The fourth-order valence-corrected chi connectivity index (χ4v) is 2.05. The van der Waals surface area contributed by atoms with Gasteiger partial charge in [-0.2, -0.15) is 0 Å². The largest absolute Gasteiger partial charge is 0.486 e. The van der Waals surface area contributed by atoms with Crippen LogP contribution in [-0.2, 0) is 13.0 Å². The van der Waals surface area contributed by atoms with Crippen molar-refractivity contribution >= 4 is 11.3 Å². The van der Waals surface area contributed by atoms with Crippen molar-refractivity contribution in [1.29, 1.82) is 0 Å². The minimum atomic E-state index is 0.142. The summed E-state index contributed by atoms with van der Waals surface area (Å²) in [6.07, 6.45) is 0.613. The number of thiazole rings is 1. The lowest BCUT2D eigenvalue weighted by Crippen LogP contribution is -1.96. The molecule has 0 unspecified atom stereocenters. The van der Waals surface area contributed by atoms with Gasteiger partial charge in [-0.1, -0.05) is 18.2 Å². The molecule has 1 N–H and O–H groups in total. The standard InChI is InChI=1S/C12H13NO2S/c14-7-6-10-9-16-12(13-10)8-15-11-4-2-1-3-5-11/h1-5,9,14H,6-8H2. The maximum atomic E-state index is 8.77. The van der Waals surface area contributed by atoms with Gasteiger partial charge < -0.3 is 9.84 Å². The molecule has 0 aliphatic rings. The van der Waals surface area contributed by atoms with Crippen LogP contribution in [0.3, 0.4) is 0 Å². The van der Waals surface area contributed by atoms with Crippen molar-refractivity contribution in [2.75, 3.05) is 6.61 Å². The Bertz CT molecular complexity index is 428. The van der Waals surface area contributed by atoms with Gasteiger partial charge in [0.2, 0.25) is 0 Å². The zero-order chi connectivity index (χ0) is 11.2. The lowest BCUT2D eigenvalue weighted by atomic mass is 10.3. The Balaban J connectivity index is 1.89. The smallest absolute Gasteiger partial charge is 0.140 e. The predicted molar refractivity (Wildman–Crippen MR) is 63.7 cm³/mol. The number of nitrogens with zero attached hydrogens (tertiary/aromatic N) is 1. The number of ether oxygens (including phenoxy) is 1. The highest BCUT2D eigenvalue weighted by atomic mass is 32.1. The van der Waals surface area contributed by atoms with E-state index in [1.54, 1.807) is 11.3 Å². The van der Waals surface area contributed by atoms with Crippen molar-refractivity contribution in [1.82, 2.24) is 4.98 Å². The molecule has 0 radical (unpaired) electrons. The van der Waals surface area contributed by atoms with Gasteiger partial charge in [0.15, 0.2) is 0 Å². The third kappa shape index (κ3) is 3.05. The third-order valence-electron chi connectivity index (χ3n) is 2.07. The van der Waals surface area contributed by atoms with Crippen LogP contribution in [0.25, 0.3) is 0 Å². The van der Waals surface area contributed by atoms with Gasteiger partial charge in [-0.25, -0.2) is 4.98 Å². The number of hydrogen-bond acceptors (Lipinski definition) is 4. The number of benzene rings is 1. The normalized spacial score (nSPS) is 10.3. The van der Waals surface area contributed by atoms with Crippen molar-refractivity contribution < 1.29 is 9.84 Å². The van der Waals surface area contributed by atoms with Crippen LogP contribution < -0.4 is 4.74 Å². The molecule has 1 aromatic heterocycles. The number of aliphatic hydroxyl groups excluding tert-OH is 1. The summed E-state index contributed by atoms with van der Waals surface area (Å²) in [5.41, 5.74) is 0.930. The van der Waals surface area contributed by atoms with E-state index in [1.165, 1.54) is 0 Å². The topological polar surface area (TPSA) is 42.4 Å². The molecule has 0 aliphatic heterocycles. The van der Waals surface area contributed by atoms with E-state index in [2.05, 4.69) is 4.98 Å². The van der Waals surface area contributed by atoms with Crippen LogP contribution in [0.4, 0.5) is 0 Å². The molecule has 0 fully saturated rings. The molecule has 2 aromatic rings. The molecule has 84 valence electrons. The average molecular weight is 235 g/mol. The van der Waals surface area contributed by atoms with E-state index in [1.807, 2.05) is 35.7 Å². The van der Waals surface area contributed by atoms with Gasteiger partial charge in [0.1, 0.15) is 17.4 Å². The molecule has 0 bridgehead atoms. The van der Waals surface area contributed by atoms with Crippen LogP contribution in [0.15, 0.2) is 35.7 Å². The maximum Gasteiger partial charge on any atom is 0.140 e. The van der Waals surface area contributed by atoms with Crippen LogP contribution in [0.1, 0.15) is 10.7 Å². The van der Waals surface area contributed by atoms with Gasteiger partial charge in [0.25, 0.3) is 0 Å². The average Bonchev–Trinajstić information content (AvgIpc) is 2.76. The Labute approximate surface area is 98.4 Å². The highest BCUT2D eigenvalue weighted by Crippen LogP contribution is 2.14. The molecule has 0 atom stereocenters.